The summed E-state index contributed by atoms with van der Waals surface area (Å²) in [6, 6.07) is 8.56. The number of rotatable bonds is 4. The molecule has 0 aliphatic heterocycles. The van der Waals surface area contributed by atoms with Crippen LogP contribution in [0.5, 0.6) is 0 Å². The number of benzene rings is 2. The van der Waals surface area contributed by atoms with Crippen molar-refractivity contribution in [2.24, 2.45) is 9.98 Å². The number of carbonyl (C=O) groups excluding carboxylic acids is 2. The van der Waals surface area contributed by atoms with Gasteiger partial charge in [0.25, 0.3) is 0 Å². The molecule has 0 bridgehead atoms. The highest BCUT2D eigenvalue weighted by molar-refractivity contribution is 6.33. The first kappa shape index (κ1) is 16.2. The van der Waals surface area contributed by atoms with Gasteiger partial charge in [-0.15, -0.1) is 0 Å². The Balaban J connectivity index is 2.55. The molecule has 0 unspecified atom stereocenters. The lowest BCUT2D eigenvalue weighted by Crippen LogP contribution is -1.92. The standard InChI is InChI=1S/C16H10Cl2N2O2/c1-10-15(19-8-21)5-2-11(16(10)20-9-22)6-12-7-13(17)3-4-14(12)18/h2-5,7H,6H2,1H3. The molecule has 110 valence electrons. The first-order valence-electron chi connectivity index (χ1n) is 6.29. The van der Waals surface area contributed by atoms with Gasteiger partial charge in [0.2, 0.25) is 12.2 Å². The smallest absolute Gasteiger partial charge is 0.211 e. The Labute approximate surface area is 137 Å². The molecule has 0 heterocycles. The predicted molar refractivity (Wildman–Crippen MR) is 86.0 cm³/mol. The average Bonchev–Trinajstić information content (AvgIpc) is 2.49. The topological polar surface area (TPSA) is 58.9 Å². The zero-order chi connectivity index (χ0) is 16.1. The van der Waals surface area contributed by atoms with E-state index in [0.29, 0.717) is 33.4 Å². The summed E-state index contributed by atoms with van der Waals surface area (Å²) in [5, 5.41) is 1.14. The monoisotopic (exact) mass is 332 g/mol. The van der Waals surface area contributed by atoms with E-state index in [1.54, 1.807) is 37.3 Å². The van der Waals surface area contributed by atoms with Crippen molar-refractivity contribution in [3.63, 3.8) is 0 Å². The highest BCUT2D eigenvalue weighted by Gasteiger charge is 2.12. The van der Waals surface area contributed by atoms with E-state index < -0.39 is 0 Å². The Kier molecular flexibility index (Phi) is 5.26. The summed E-state index contributed by atoms with van der Waals surface area (Å²) in [6.07, 6.45) is 3.43. The van der Waals surface area contributed by atoms with Crippen LogP contribution in [0, 0.1) is 6.92 Å². The first-order chi connectivity index (χ1) is 10.6. The van der Waals surface area contributed by atoms with Crippen LogP contribution in [0.4, 0.5) is 11.4 Å². The van der Waals surface area contributed by atoms with Crippen LogP contribution < -0.4 is 0 Å². The summed E-state index contributed by atoms with van der Waals surface area (Å²) in [4.78, 5) is 28.4. The summed E-state index contributed by atoms with van der Waals surface area (Å²) in [7, 11) is 0. The van der Waals surface area contributed by atoms with Gasteiger partial charge < -0.3 is 0 Å². The first-order valence-corrected chi connectivity index (χ1v) is 7.04. The van der Waals surface area contributed by atoms with Crippen molar-refractivity contribution >= 4 is 46.7 Å². The molecule has 0 aromatic heterocycles. The number of nitrogens with zero attached hydrogens (tertiary/aromatic N) is 2. The lowest BCUT2D eigenvalue weighted by atomic mass is 9.99. The van der Waals surface area contributed by atoms with E-state index in [9.17, 15) is 9.59 Å². The van der Waals surface area contributed by atoms with Gasteiger partial charge >= 0.3 is 0 Å². The maximum Gasteiger partial charge on any atom is 0.240 e. The number of halogens is 2. The summed E-state index contributed by atoms with van der Waals surface area (Å²) in [6.45, 7) is 1.72. The minimum atomic E-state index is 0.407. The van der Waals surface area contributed by atoms with Gasteiger partial charge in [0, 0.05) is 22.0 Å². The van der Waals surface area contributed by atoms with E-state index in [1.807, 2.05) is 0 Å². The molecule has 4 nitrogen and oxygen atoms in total. The van der Waals surface area contributed by atoms with Gasteiger partial charge in [0.05, 0.1) is 11.4 Å². The lowest BCUT2D eigenvalue weighted by molar-refractivity contribution is 0.565. The van der Waals surface area contributed by atoms with Gasteiger partial charge in [-0.25, -0.2) is 9.59 Å². The minimum Gasteiger partial charge on any atom is -0.211 e. The molecule has 0 radical (unpaired) electrons. The Morgan fingerprint density at radius 1 is 1.00 bits per heavy atom. The lowest BCUT2D eigenvalue weighted by Gasteiger charge is -2.11. The zero-order valence-electron chi connectivity index (χ0n) is 11.6. The minimum absolute atomic E-state index is 0.407. The van der Waals surface area contributed by atoms with E-state index >= 15 is 0 Å². The van der Waals surface area contributed by atoms with Crippen molar-refractivity contribution in [2.45, 2.75) is 13.3 Å². The molecular weight excluding hydrogens is 323 g/mol. The van der Waals surface area contributed by atoms with E-state index in [0.717, 1.165) is 11.1 Å². The van der Waals surface area contributed by atoms with Gasteiger partial charge in [-0.2, -0.15) is 9.98 Å². The van der Waals surface area contributed by atoms with Crippen LogP contribution in [-0.4, -0.2) is 12.2 Å². The van der Waals surface area contributed by atoms with Crippen LogP contribution in [-0.2, 0) is 16.0 Å². The highest BCUT2D eigenvalue weighted by Crippen LogP contribution is 2.34. The molecule has 0 saturated heterocycles. The van der Waals surface area contributed by atoms with Crippen molar-refractivity contribution in [2.75, 3.05) is 0 Å². The molecule has 0 spiro atoms. The molecule has 0 amide bonds. The summed E-state index contributed by atoms with van der Waals surface area (Å²) in [5.74, 6) is 0. The third-order valence-corrected chi connectivity index (χ3v) is 3.80. The normalized spacial score (nSPS) is 9.77. The fraction of sp³-hybridized carbons (Fsp3) is 0.125. The number of hydrogen-bond donors (Lipinski definition) is 0. The van der Waals surface area contributed by atoms with Crippen molar-refractivity contribution in [3.8, 4) is 0 Å². The van der Waals surface area contributed by atoms with Crippen molar-refractivity contribution in [1.29, 1.82) is 0 Å². The second-order valence-corrected chi connectivity index (χ2v) is 5.38. The number of aliphatic imine (C=N–C) groups is 2. The number of isocyanates is 2. The quantitative estimate of drug-likeness (QED) is 0.594. The van der Waals surface area contributed by atoms with Crippen molar-refractivity contribution in [3.05, 3.63) is 57.1 Å². The fourth-order valence-corrected chi connectivity index (χ4v) is 2.52. The van der Waals surface area contributed by atoms with Crippen LogP contribution in [0.15, 0.2) is 40.3 Å². The highest BCUT2D eigenvalue weighted by atomic mass is 35.5. The summed E-state index contributed by atoms with van der Waals surface area (Å²) in [5.41, 5.74) is 2.99. The summed E-state index contributed by atoms with van der Waals surface area (Å²) < 4.78 is 0. The van der Waals surface area contributed by atoms with E-state index in [1.165, 1.54) is 12.2 Å². The van der Waals surface area contributed by atoms with Gasteiger partial charge in [-0.05, 0) is 42.3 Å². The molecule has 6 heteroatoms. The largest absolute Gasteiger partial charge is 0.240 e. The molecule has 0 atom stereocenters. The maximum atomic E-state index is 10.7. The molecule has 22 heavy (non-hydrogen) atoms. The fourth-order valence-electron chi connectivity index (χ4n) is 2.14. The second-order valence-electron chi connectivity index (χ2n) is 4.54. The van der Waals surface area contributed by atoms with Crippen LogP contribution >= 0.6 is 23.2 Å². The van der Waals surface area contributed by atoms with Crippen LogP contribution in [0.25, 0.3) is 0 Å². The average molecular weight is 333 g/mol. The molecule has 2 aromatic carbocycles. The Bertz CT molecular complexity index is 821. The van der Waals surface area contributed by atoms with Crippen molar-refractivity contribution < 1.29 is 9.59 Å². The van der Waals surface area contributed by atoms with Gasteiger partial charge in [0.1, 0.15) is 0 Å². The van der Waals surface area contributed by atoms with Crippen molar-refractivity contribution in [1.82, 2.24) is 0 Å². The molecule has 0 saturated carbocycles. The molecule has 0 aliphatic rings. The Hall–Kier alpha value is -2.22. The second kappa shape index (κ2) is 7.17. The van der Waals surface area contributed by atoms with Gasteiger partial charge in [-0.1, -0.05) is 29.3 Å². The third kappa shape index (κ3) is 3.51. The Morgan fingerprint density at radius 3 is 2.41 bits per heavy atom. The maximum absolute atomic E-state index is 10.7. The van der Waals surface area contributed by atoms with E-state index in [4.69, 9.17) is 23.2 Å². The molecule has 2 aromatic rings. The Morgan fingerprint density at radius 2 is 1.73 bits per heavy atom. The van der Waals surface area contributed by atoms with Crippen LogP contribution in [0.1, 0.15) is 16.7 Å². The molecule has 0 fully saturated rings. The van der Waals surface area contributed by atoms with E-state index in [2.05, 4.69) is 9.98 Å². The molecule has 2 rings (SSSR count). The predicted octanol–water partition coefficient (Wildman–Crippen LogP) is 4.83. The summed E-state index contributed by atoms with van der Waals surface area (Å²) >= 11 is 12.1. The van der Waals surface area contributed by atoms with E-state index in [-0.39, 0.29) is 0 Å². The molecule has 0 aliphatic carbocycles. The SMILES string of the molecule is Cc1c(N=C=O)ccc(Cc2cc(Cl)ccc2Cl)c1N=C=O. The zero-order valence-corrected chi connectivity index (χ0v) is 13.1. The van der Waals surface area contributed by atoms with Crippen LogP contribution in [0.2, 0.25) is 10.0 Å². The molecule has 0 N–H and O–H groups in total. The van der Waals surface area contributed by atoms with Gasteiger partial charge in [0.15, 0.2) is 0 Å². The molecular formula is C16H10Cl2N2O2. The van der Waals surface area contributed by atoms with Gasteiger partial charge in [-0.3, -0.25) is 0 Å². The van der Waals surface area contributed by atoms with Crippen LogP contribution in [0.3, 0.4) is 0 Å². The third-order valence-electron chi connectivity index (χ3n) is 3.20. The number of hydrogen-bond acceptors (Lipinski definition) is 4.